The van der Waals surface area contributed by atoms with Crippen LogP contribution < -0.4 is 0 Å². The van der Waals surface area contributed by atoms with Gasteiger partial charge in [-0.2, -0.15) is 4.31 Å². The molecule has 1 aliphatic heterocycles. The Morgan fingerprint density at radius 3 is 2.68 bits per heavy atom. The lowest BCUT2D eigenvalue weighted by molar-refractivity contribution is -0.141. The fourth-order valence-corrected chi connectivity index (χ4v) is 3.71. The fraction of sp³-hybridized carbons (Fsp3) is 0.364. The van der Waals surface area contributed by atoms with Gasteiger partial charge in [-0.1, -0.05) is 11.6 Å². The molecule has 5 nitrogen and oxygen atoms in total. The largest absolute Gasteiger partial charge is 0.481 e. The van der Waals surface area contributed by atoms with Crippen molar-refractivity contribution >= 4 is 27.6 Å². The maximum Gasteiger partial charge on any atom is 0.307 e. The van der Waals surface area contributed by atoms with Crippen LogP contribution in [-0.4, -0.2) is 36.9 Å². The summed E-state index contributed by atoms with van der Waals surface area (Å²) in [5.74, 6) is -2.43. The first kappa shape index (κ1) is 14.2. The second-order valence-electron chi connectivity index (χ2n) is 4.26. The van der Waals surface area contributed by atoms with E-state index >= 15 is 0 Å². The third kappa shape index (κ3) is 2.72. The third-order valence-corrected chi connectivity index (χ3v) is 5.18. The minimum Gasteiger partial charge on any atom is -0.481 e. The molecule has 0 spiro atoms. The summed E-state index contributed by atoms with van der Waals surface area (Å²) in [6.07, 6.45) is 0.267. The van der Waals surface area contributed by atoms with Crippen molar-refractivity contribution in [1.82, 2.24) is 4.31 Å². The van der Waals surface area contributed by atoms with Gasteiger partial charge in [0, 0.05) is 13.1 Å². The van der Waals surface area contributed by atoms with E-state index in [1.807, 2.05) is 0 Å². The van der Waals surface area contributed by atoms with E-state index in [4.69, 9.17) is 16.7 Å². The van der Waals surface area contributed by atoms with Gasteiger partial charge in [0.05, 0.1) is 15.8 Å². The average molecular weight is 308 g/mol. The summed E-state index contributed by atoms with van der Waals surface area (Å²) in [5.41, 5.74) is 0. The van der Waals surface area contributed by atoms with Crippen LogP contribution in [0.3, 0.4) is 0 Å². The van der Waals surface area contributed by atoms with Gasteiger partial charge in [0.25, 0.3) is 0 Å². The van der Waals surface area contributed by atoms with Gasteiger partial charge in [-0.05, 0) is 24.6 Å². The highest BCUT2D eigenvalue weighted by Crippen LogP contribution is 2.26. The van der Waals surface area contributed by atoms with Crippen LogP contribution in [0.1, 0.15) is 6.42 Å². The normalized spacial score (nSPS) is 20.6. The highest BCUT2D eigenvalue weighted by Gasteiger charge is 2.35. The molecule has 0 amide bonds. The second kappa shape index (κ2) is 5.07. The van der Waals surface area contributed by atoms with Crippen molar-refractivity contribution in [2.45, 2.75) is 11.3 Å². The Kier molecular flexibility index (Phi) is 3.80. The molecule has 1 aromatic rings. The number of aliphatic carboxylic acids is 1. The van der Waals surface area contributed by atoms with E-state index in [-0.39, 0.29) is 29.4 Å². The van der Waals surface area contributed by atoms with Gasteiger partial charge < -0.3 is 5.11 Å². The summed E-state index contributed by atoms with van der Waals surface area (Å²) < 4.78 is 38.5. The molecule has 0 aliphatic carbocycles. The summed E-state index contributed by atoms with van der Waals surface area (Å²) in [4.78, 5) is 10.7. The molecule has 0 saturated carbocycles. The molecule has 0 unspecified atom stereocenters. The molecule has 1 saturated heterocycles. The van der Waals surface area contributed by atoms with Gasteiger partial charge >= 0.3 is 5.97 Å². The summed E-state index contributed by atoms with van der Waals surface area (Å²) in [6, 6.07) is 3.12. The zero-order chi connectivity index (χ0) is 14.2. The Bertz CT molecular complexity index is 619. The van der Waals surface area contributed by atoms with E-state index in [1.54, 1.807) is 0 Å². The molecule has 0 bridgehead atoms. The van der Waals surface area contributed by atoms with E-state index in [2.05, 4.69) is 0 Å². The summed E-state index contributed by atoms with van der Waals surface area (Å²) in [7, 11) is -3.83. The minimum absolute atomic E-state index is 0.0767. The number of rotatable bonds is 3. The smallest absolute Gasteiger partial charge is 0.307 e. The van der Waals surface area contributed by atoms with E-state index in [0.29, 0.717) is 0 Å². The predicted octanol–water partition coefficient (Wildman–Crippen LogP) is 1.57. The molecule has 1 fully saturated rings. The zero-order valence-electron chi connectivity index (χ0n) is 9.71. The monoisotopic (exact) mass is 307 g/mol. The van der Waals surface area contributed by atoms with E-state index in [9.17, 15) is 17.6 Å². The Labute approximate surface area is 114 Å². The number of carboxylic acids is 1. The van der Waals surface area contributed by atoms with Crippen LogP contribution >= 0.6 is 11.6 Å². The quantitative estimate of drug-likeness (QED) is 0.920. The van der Waals surface area contributed by atoms with Crippen LogP contribution in [0.25, 0.3) is 0 Å². The van der Waals surface area contributed by atoms with E-state index < -0.39 is 27.7 Å². The second-order valence-corrected chi connectivity index (χ2v) is 6.61. The number of sulfonamides is 1. The molecule has 1 aliphatic rings. The Morgan fingerprint density at radius 2 is 2.16 bits per heavy atom. The van der Waals surface area contributed by atoms with Gasteiger partial charge in [0.15, 0.2) is 0 Å². The molecule has 1 aromatic carbocycles. The molecular formula is C11H11ClFNO4S. The summed E-state index contributed by atoms with van der Waals surface area (Å²) >= 11 is 5.55. The fourth-order valence-electron chi connectivity index (χ4n) is 1.93. The van der Waals surface area contributed by atoms with Crippen LogP contribution in [0.5, 0.6) is 0 Å². The number of nitrogens with zero attached hydrogens (tertiary/aromatic N) is 1. The van der Waals surface area contributed by atoms with Gasteiger partial charge in [-0.25, -0.2) is 12.8 Å². The SMILES string of the molecule is O=C(O)[C@H]1CCN(S(=O)(=O)c2ccc(F)c(Cl)c2)C1. The Hall–Kier alpha value is -1.18. The molecule has 0 radical (unpaired) electrons. The lowest BCUT2D eigenvalue weighted by Gasteiger charge is -2.16. The van der Waals surface area contributed by atoms with Gasteiger partial charge in [-0.15, -0.1) is 0 Å². The highest BCUT2D eigenvalue weighted by atomic mass is 35.5. The van der Waals surface area contributed by atoms with Crippen LogP contribution in [0.4, 0.5) is 4.39 Å². The van der Waals surface area contributed by atoms with Crippen molar-refractivity contribution in [2.75, 3.05) is 13.1 Å². The Morgan fingerprint density at radius 1 is 1.47 bits per heavy atom. The minimum atomic E-state index is -3.83. The summed E-state index contributed by atoms with van der Waals surface area (Å²) in [6.45, 7) is 0.0565. The van der Waals surface area contributed by atoms with Crippen molar-refractivity contribution in [3.05, 3.63) is 29.0 Å². The molecule has 2 rings (SSSR count). The molecule has 1 heterocycles. The standard InChI is InChI=1S/C11H11ClFNO4S/c12-9-5-8(1-2-10(9)13)19(17,18)14-4-3-7(6-14)11(15)16/h1-2,5,7H,3-4,6H2,(H,15,16)/t7-/m0/s1. The van der Waals surface area contributed by atoms with E-state index in [1.165, 1.54) is 0 Å². The number of hydrogen-bond donors (Lipinski definition) is 1. The first-order chi connectivity index (χ1) is 8.82. The number of carboxylic acid groups (broad SMARTS) is 1. The molecule has 1 N–H and O–H groups in total. The molecule has 104 valence electrons. The van der Waals surface area contributed by atoms with Crippen LogP contribution in [0, 0.1) is 11.7 Å². The van der Waals surface area contributed by atoms with Crippen molar-refractivity contribution in [3.63, 3.8) is 0 Å². The first-order valence-electron chi connectivity index (χ1n) is 5.50. The number of benzene rings is 1. The zero-order valence-corrected chi connectivity index (χ0v) is 11.3. The molecular weight excluding hydrogens is 297 g/mol. The molecule has 8 heteroatoms. The lowest BCUT2D eigenvalue weighted by atomic mass is 10.1. The predicted molar refractivity (Wildman–Crippen MR) is 65.9 cm³/mol. The van der Waals surface area contributed by atoms with Crippen molar-refractivity contribution in [1.29, 1.82) is 0 Å². The third-order valence-electron chi connectivity index (χ3n) is 3.03. The van der Waals surface area contributed by atoms with Crippen molar-refractivity contribution < 1.29 is 22.7 Å². The highest BCUT2D eigenvalue weighted by molar-refractivity contribution is 7.89. The number of halogens is 2. The van der Waals surface area contributed by atoms with Crippen molar-refractivity contribution in [2.24, 2.45) is 5.92 Å². The maximum atomic E-state index is 13.0. The van der Waals surface area contributed by atoms with Crippen LogP contribution in [-0.2, 0) is 14.8 Å². The number of carbonyl (C=O) groups is 1. The molecule has 19 heavy (non-hydrogen) atoms. The van der Waals surface area contributed by atoms with Gasteiger partial charge in [-0.3, -0.25) is 4.79 Å². The van der Waals surface area contributed by atoms with Crippen molar-refractivity contribution in [3.8, 4) is 0 Å². The molecule has 0 aromatic heterocycles. The van der Waals surface area contributed by atoms with Crippen LogP contribution in [0.2, 0.25) is 5.02 Å². The average Bonchev–Trinajstić information content (AvgIpc) is 2.82. The van der Waals surface area contributed by atoms with Gasteiger partial charge in [0.2, 0.25) is 10.0 Å². The molecule has 1 atom stereocenters. The lowest BCUT2D eigenvalue weighted by Crippen LogP contribution is -2.30. The Balaban J connectivity index is 2.28. The van der Waals surface area contributed by atoms with Crippen LogP contribution in [0.15, 0.2) is 23.1 Å². The topological polar surface area (TPSA) is 74.7 Å². The van der Waals surface area contributed by atoms with E-state index in [0.717, 1.165) is 22.5 Å². The maximum absolute atomic E-state index is 13.0. The number of hydrogen-bond acceptors (Lipinski definition) is 3. The first-order valence-corrected chi connectivity index (χ1v) is 7.32. The summed E-state index contributed by atoms with van der Waals surface area (Å²) in [5, 5.41) is 8.57. The van der Waals surface area contributed by atoms with Gasteiger partial charge in [0.1, 0.15) is 5.82 Å².